The average Bonchev–Trinajstić information content (AvgIpc) is 3.66. The molecule has 0 fully saturated rings. The molecule has 0 atom stereocenters. The zero-order valence-electron chi connectivity index (χ0n) is 33.7. The Bertz CT molecular complexity index is 1600. The molecule has 0 saturated carbocycles. The van der Waals surface area contributed by atoms with Crippen LogP contribution in [-0.4, -0.2) is 161 Å². The summed E-state index contributed by atoms with van der Waals surface area (Å²) in [4.78, 5) is 43.7. The third kappa shape index (κ3) is 21.0. The first-order valence-corrected chi connectivity index (χ1v) is 19.3. The summed E-state index contributed by atoms with van der Waals surface area (Å²) in [7, 11) is 1.64. The fourth-order valence-electron chi connectivity index (χ4n) is 4.92. The Morgan fingerprint density at radius 3 is 1.49 bits per heavy atom. The first-order chi connectivity index (χ1) is 27.9. The van der Waals surface area contributed by atoms with Gasteiger partial charge in [0.1, 0.15) is 11.3 Å². The quantitative estimate of drug-likeness (QED) is 0.0595. The van der Waals surface area contributed by atoms with Gasteiger partial charge in [0.25, 0.3) is 5.56 Å². The maximum absolute atomic E-state index is 12.8. The van der Waals surface area contributed by atoms with Crippen molar-refractivity contribution < 1.29 is 57.6 Å². The number of aromatic nitrogens is 4. The minimum atomic E-state index is -1.02. The summed E-state index contributed by atoms with van der Waals surface area (Å²) >= 11 is 0. The standard InChI is InChI=1S/C20H22N4O4.C19H40O10/c1-3-11-23-18-16(19(27)24(12-4-2)20(23)28)21-17(22-18)14-8-5-13(6-9-14)7-10-15(25)26;1-21-4-5-23-8-9-25-12-13-27-16-17-29-19-18-28-15-14-26-11-10-24-7-6-22-3-2-20/h5-10H,3-4,11-12H2,1-2H3,(H,21,22)(H,25,26);20H,2-19H2,1H3/b10-7+;. The van der Waals surface area contributed by atoms with E-state index in [0.717, 1.165) is 23.6 Å². The van der Waals surface area contributed by atoms with Crippen molar-refractivity contribution in [2.75, 3.05) is 126 Å². The number of imidazole rings is 1. The van der Waals surface area contributed by atoms with Crippen LogP contribution in [0, 0.1) is 0 Å². The lowest BCUT2D eigenvalue weighted by Crippen LogP contribution is -2.40. The number of carbonyl (C=O) groups is 1. The Hall–Kier alpha value is -3.82. The molecule has 3 aromatic rings. The Morgan fingerprint density at radius 2 is 1.09 bits per heavy atom. The highest BCUT2D eigenvalue weighted by atomic mass is 16.6. The van der Waals surface area contributed by atoms with Crippen LogP contribution in [0.25, 0.3) is 28.6 Å². The topological polar surface area (TPSA) is 213 Å². The lowest BCUT2D eigenvalue weighted by atomic mass is 10.1. The van der Waals surface area contributed by atoms with Gasteiger partial charge in [0, 0.05) is 31.8 Å². The van der Waals surface area contributed by atoms with Gasteiger partial charge in [0.05, 0.1) is 119 Å². The number of aliphatic carboxylic acids is 1. The maximum Gasteiger partial charge on any atom is 0.332 e. The van der Waals surface area contributed by atoms with Crippen molar-refractivity contribution in [1.29, 1.82) is 0 Å². The van der Waals surface area contributed by atoms with Gasteiger partial charge in [-0.3, -0.25) is 13.9 Å². The molecule has 0 aliphatic carbocycles. The Labute approximate surface area is 333 Å². The molecule has 2 heterocycles. The number of aromatic amines is 1. The van der Waals surface area contributed by atoms with Crippen molar-refractivity contribution in [1.82, 2.24) is 19.1 Å². The van der Waals surface area contributed by atoms with Crippen molar-refractivity contribution in [2.45, 2.75) is 39.8 Å². The van der Waals surface area contributed by atoms with Gasteiger partial charge in [-0.25, -0.2) is 14.6 Å². The number of nitrogens with zero attached hydrogens (tertiary/aromatic N) is 3. The number of nitrogens with one attached hydrogen (secondary N) is 1. The zero-order valence-corrected chi connectivity index (χ0v) is 33.7. The van der Waals surface area contributed by atoms with Crippen LogP contribution in [0.2, 0.25) is 0 Å². The van der Waals surface area contributed by atoms with Crippen LogP contribution >= 0.6 is 0 Å². The number of hydrogen-bond acceptors (Lipinski definition) is 14. The van der Waals surface area contributed by atoms with Crippen molar-refractivity contribution in [3.63, 3.8) is 0 Å². The van der Waals surface area contributed by atoms with Crippen LogP contribution in [-0.2, 0) is 60.5 Å². The van der Waals surface area contributed by atoms with Crippen LogP contribution in [0.15, 0.2) is 39.9 Å². The average molecular weight is 811 g/mol. The summed E-state index contributed by atoms with van der Waals surface area (Å²) in [5.41, 5.74) is 1.43. The molecule has 0 bridgehead atoms. The van der Waals surface area contributed by atoms with Gasteiger partial charge in [-0.2, -0.15) is 0 Å². The first-order valence-electron chi connectivity index (χ1n) is 19.3. The van der Waals surface area contributed by atoms with Crippen molar-refractivity contribution in [2.24, 2.45) is 0 Å². The molecule has 0 aliphatic rings. The predicted octanol–water partition coefficient (Wildman–Crippen LogP) is 2.23. The van der Waals surface area contributed by atoms with Crippen molar-refractivity contribution >= 4 is 23.2 Å². The van der Waals surface area contributed by atoms with Crippen LogP contribution < -0.4 is 11.2 Å². The number of carboxylic acid groups (broad SMARTS) is 1. The normalized spacial score (nSPS) is 11.4. The lowest BCUT2D eigenvalue weighted by molar-refractivity contribution is -0.131. The van der Waals surface area contributed by atoms with E-state index in [-0.39, 0.29) is 17.9 Å². The van der Waals surface area contributed by atoms with Gasteiger partial charge < -0.3 is 57.8 Å². The Balaban J connectivity index is 0.000000393. The second-order valence-corrected chi connectivity index (χ2v) is 12.1. The number of aryl methyl sites for hydroxylation is 1. The van der Waals surface area contributed by atoms with E-state index in [2.05, 4.69) is 9.97 Å². The summed E-state index contributed by atoms with van der Waals surface area (Å²) < 4.78 is 50.2. The van der Waals surface area contributed by atoms with E-state index in [0.29, 0.717) is 149 Å². The highest BCUT2D eigenvalue weighted by Gasteiger charge is 2.17. The van der Waals surface area contributed by atoms with Crippen LogP contribution in [0.5, 0.6) is 0 Å². The molecule has 57 heavy (non-hydrogen) atoms. The fraction of sp³-hybridized carbons (Fsp3) is 0.641. The van der Waals surface area contributed by atoms with Gasteiger partial charge in [-0.1, -0.05) is 38.1 Å². The molecule has 3 rings (SSSR count). The fourth-order valence-corrected chi connectivity index (χ4v) is 4.92. The number of ether oxygens (including phenoxy) is 9. The third-order valence-electron chi connectivity index (χ3n) is 7.63. The summed E-state index contributed by atoms with van der Waals surface area (Å²) in [6.45, 7) is 13.6. The molecule has 18 heteroatoms. The summed E-state index contributed by atoms with van der Waals surface area (Å²) in [5.74, 6) is -0.530. The van der Waals surface area contributed by atoms with Gasteiger partial charge in [-0.15, -0.1) is 0 Å². The second-order valence-electron chi connectivity index (χ2n) is 12.1. The molecule has 0 aliphatic heterocycles. The number of carboxylic acids is 1. The molecular formula is C39H62N4O14. The predicted molar refractivity (Wildman–Crippen MR) is 213 cm³/mol. The van der Waals surface area contributed by atoms with E-state index in [9.17, 15) is 14.4 Å². The minimum absolute atomic E-state index is 0.0322. The molecule has 3 N–H and O–H groups in total. The Kier molecular flexibility index (Phi) is 27.8. The van der Waals surface area contributed by atoms with Crippen LogP contribution in [0.4, 0.5) is 0 Å². The third-order valence-corrected chi connectivity index (χ3v) is 7.63. The maximum atomic E-state index is 12.8. The molecule has 0 unspecified atom stereocenters. The number of methoxy groups -OCH3 is 1. The van der Waals surface area contributed by atoms with E-state index in [1.54, 1.807) is 31.4 Å². The monoisotopic (exact) mass is 810 g/mol. The van der Waals surface area contributed by atoms with Crippen LogP contribution in [0.1, 0.15) is 32.3 Å². The van der Waals surface area contributed by atoms with Gasteiger partial charge in [0.15, 0.2) is 5.65 Å². The van der Waals surface area contributed by atoms with Gasteiger partial charge in [0.2, 0.25) is 0 Å². The highest BCUT2D eigenvalue weighted by Crippen LogP contribution is 2.19. The van der Waals surface area contributed by atoms with Crippen LogP contribution in [0.3, 0.4) is 0 Å². The molecule has 0 radical (unpaired) electrons. The number of hydrogen-bond donors (Lipinski definition) is 3. The molecule has 2 aromatic heterocycles. The van der Waals surface area contributed by atoms with Crippen molar-refractivity contribution in [3.8, 4) is 11.4 Å². The molecular weight excluding hydrogens is 748 g/mol. The molecule has 0 spiro atoms. The molecule has 18 nitrogen and oxygen atoms in total. The zero-order chi connectivity index (χ0) is 41.4. The van der Waals surface area contributed by atoms with Crippen molar-refractivity contribution in [3.05, 3.63) is 56.7 Å². The number of benzene rings is 1. The summed E-state index contributed by atoms with van der Waals surface area (Å²) in [6, 6.07) is 7.09. The SMILES string of the molecule is CCCn1c(=O)c2[nH]c(-c3ccc(/C=C/C(=O)O)cc3)nc2n(CCC)c1=O.COCCOCCOCCOCCOCCOCCOCCOCCOCCO. The van der Waals surface area contributed by atoms with E-state index in [1.165, 1.54) is 15.2 Å². The highest BCUT2D eigenvalue weighted by molar-refractivity contribution is 5.85. The second kappa shape index (κ2) is 32.2. The molecule has 0 saturated heterocycles. The smallest absolute Gasteiger partial charge is 0.332 e. The largest absolute Gasteiger partial charge is 0.478 e. The molecule has 322 valence electrons. The van der Waals surface area contributed by atoms with E-state index >= 15 is 0 Å². The Morgan fingerprint density at radius 1 is 0.667 bits per heavy atom. The van der Waals surface area contributed by atoms with Gasteiger partial charge >= 0.3 is 11.7 Å². The summed E-state index contributed by atoms with van der Waals surface area (Å²) in [6.07, 6.45) is 3.98. The lowest BCUT2D eigenvalue weighted by Gasteiger charge is -2.09. The van der Waals surface area contributed by atoms with E-state index < -0.39 is 5.97 Å². The number of fused-ring (bicyclic) bond motifs is 1. The molecule has 1 aromatic carbocycles. The van der Waals surface area contributed by atoms with E-state index in [4.69, 9.17) is 52.8 Å². The minimum Gasteiger partial charge on any atom is -0.478 e. The van der Waals surface area contributed by atoms with Gasteiger partial charge in [-0.05, 0) is 24.5 Å². The number of H-pyrrole nitrogens is 1. The number of rotatable bonds is 33. The van der Waals surface area contributed by atoms with E-state index in [1.807, 2.05) is 13.8 Å². The summed E-state index contributed by atoms with van der Waals surface area (Å²) in [5, 5.41) is 17.2. The molecule has 0 amide bonds. The number of aliphatic hydroxyl groups excluding tert-OH is 1. The first kappa shape index (κ1) is 49.3. The number of aliphatic hydroxyl groups is 1.